The molecule has 0 aromatic heterocycles. The van der Waals surface area contributed by atoms with Crippen LogP contribution in [0.3, 0.4) is 0 Å². The van der Waals surface area contributed by atoms with Gasteiger partial charge in [-0.1, -0.05) is 56.3 Å². The van der Waals surface area contributed by atoms with Gasteiger partial charge in [-0.05, 0) is 97.0 Å². The van der Waals surface area contributed by atoms with Crippen LogP contribution in [0, 0.1) is 19.8 Å². The van der Waals surface area contributed by atoms with Crippen LogP contribution in [0.1, 0.15) is 68.2 Å². The summed E-state index contributed by atoms with van der Waals surface area (Å²) in [6, 6.07) is 19.4. The Morgan fingerprint density at radius 3 is 2.57 bits per heavy atom. The number of hydrogen-bond donors (Lipinski definition) is 2. The molecule has 0 saturated heterocycles. The number of nitrogens with one attached hydrogen (secondary N) is 1. The van der Waals surface area contributed by atoms with Gasteiger partial charge in [-0.25, -0.2) is 4.79 Å². The third-order valence-corrected chi connectivity index (χ3v) is 8.01. The van der Waals surface area contributed by atoms with E-state index in [4.69, 9.17) is 9.47 Å². The van der Waals surface area contributed by atoms with Crippen LogP contribution in [-0.2, 0) is 27.4 Å². The maximum atomic E-state index is 13.3. The van der Waals surface area contributed by atoms with Crippen LogP contribution in [0.4, 0.5) is 10.5 Å². The molecule has 44 heavy (non-hydrogen) atoms. The molecule has 0 spiro atoms. The number of carboxylic acid groups (broad SMARTS) is 1. The Morgan fingerprint density at radius 2 is 1.80 bits per heavy atom. The first-order valence-electron chi connectivity index (χ1n) is 15.5. The summed E-state index contributed by atoms with van der Waals surface area (Å²) < 4.78 is 11.4. The van der Waals surface area contributed by atoms with Crippen LogP contribution in [-0.4, -0.2) is 42.3 Å². The number of aliphatic carboxylic acids is 1. The summed E-state index contributed by atoms with van der Waals surface area (Å²) in [7, 11) is 0. The second kappa shape index (κ2) is 15.4. The van der Waals surface area contributed by atoms with Crippen molar-refractivity contribution in [2.75, 3.05) is 18.1 Å². The molecule has 0 saturated carbocycles. The van der Waals surface area contributed by atoms with Crippen LogP contribution in [0.15, 0.2) is 60.7 Å². The van der Waals surface area contributed by atoms with E-state index in [0.29, 0.717) is 32.4 Å². The van der Waals surface area contributed by atoms with Crippen molar-refractivity contribution in [2.45, 2.75) is 78.9 Å². The third kappa shape index (κ3) is 8.85. The molecule has 0 fully saturated rings. The minimum Gasteiger partial charge on any atom is -0.493 e. The normalized spacial score (nSPS) is 13.2. The summed E-state index contributed by atoms with van der Waals surface area (Å²) in [6.45, 7) is 9.31. The first-order valence-corrected chi connectivity index (χ1v) is 15.5. The zero-order valence-electron chi connectivity index (χ0n) is 26.2. The Hall–Kier alpha value is -4.33. The van der Waals surface area contributed by atoms with Gasteiger partial charge in [0.15, 0.2) is 0 Å². The molecule has 2 N–H and O–H groups in total. The number of hydrogen-bond acceptors (Lipinski definition) is 5. The summed E-state index contributed by atoms with van der Waals surface area (Å²) in [4.78, 5) is 38.9. The molecule has 4 rings (SSSR count). The second-order valence-corrected chi connectivity index (χ2v) is 11.9. The summed E-state index contributed by atoms with van der Waals surface area (Å²) in [5.41, 5.74) is 7.27. The van der Waals surface area contributed by atoms with Gasteiger partial charge in [0.1, 0.15) is 12.4 Å². The number of carbonyl (C=O) groups excluding carboxylic acids is 2. The van der Waals surface area contributed by atoms with Crippen molar-refractivity contribution < 1.29 is 29.0 Å². The highest BCUT2D eigenvalue weighted by Gasteiger charge is 2.25. The van der Waals surface area contributed by atoms with Crippen molar-refractivity contribution in [1.29, 1.82) is 0 Å². The molecule has 0 unspecified atom stereocenters. The number of amides is 2. The summed E-state index contributed by atoms with van der Waals surface area (Å²) in [5.74, 6) is 0.241. The van der Waals surface area contributed by atoms with E-state index in [1.165, 1.54) is 5.56 Å². The molecule has 0 aliphatic carbocycles. The van der Waals surface area contributed by atoms with Gasteiger partial charge >= 0.3 is 12.1 Å². The zero-order chi connectivity index (χ0) is 31.6. The molecule has 234 valence electrons. The van der Waals surface area contributed by atoms with E-state index >= 15 is 0 Å². The Kier molecular flexibility index (Phi) is 11.4. The van der Waals surface area contributed by atoms with Crippen LogP contribution in [0.5, 0.6) is 5.75 Å². The molecule has 0 radical (unpaired) electrons. The van der Waals surface area contributed by atoms with Crippen LogP contribution >= 0.6 is 0 Å². The summed E-state index contributed by atoms with van der Waals surface area (Å²) in [5, 5.41) is 11.9. The minimum absolute atomic E-state index is 0.0604. The number of rotatable bonds is 13. The predicted molar refractivity (Wildman–Crippen MR) is 172 cm³/mol. The fraction of sp³-hybridized carbons (Fsp3) is 0.417. The number of carbonyl (C=O) groups is 3. The highest BCUT2D eigenvalue weighted by Crippen LogP contribution is 2.36. The molecule has 1 heterocycles. The van der Waals surface area contributed by atoms with E-state index < -0.39 is 18.1 Å². The number of carboxylic acids is 1. The van der Waals surface area contributed by atoms with Crippen LogP contribution in [0.2, 0.25) is 0 Å². The monoisotopic (exact) mass is 600 g/mol. The van der Waals surface area contributed by atoms with Gasteiger partial charge in [-0.2, -0.15) is 0 Å². The van der Waals surface area contributed by atoms with Gasteiger partial charge in [0.2, 0.25) is 5.91 Å². The minimum atomic E-state index is -0.961. The zero-order valence-corrected chi connectivity index (χ0v) is 26.2. The maximum absolute atomic E-state index is 13.3. The molecular formula is C36H44N2O6. The molecule has 8 heteroatoms. The van der Waals surface area contributed by atoms with Crippen molar-refractivity contribution in [1.82, 2.24) is 5.32 Å². The van der Waals surface area contributed by atoms with Gasteiger partial charge < -0.3 is 24.8 Å². The van der Waals surface area contributed by atoms with Gasteiger partial charge in [-0.15, -0.1) is 0 Å². The molecule has 0 bridgehead atoms. The highest BCUT2D eigenvalue weighted by atomic mass is 16.5. The van der Waals surface area contributed by atoms with Gasteiger partial charge in [0, 0.05) is 24.7 Å². The fourth-order valence-electron chi connectivity index (χ4n) is 5.73. The van der Waals surface area contributed by atoms with E-state index in [1.54, 1.807) is 0 Å². The second-order valence-electron chi connectivity index (χ2n) is 11.9. The lowest BCUT2D eigenvalue weighted by Crippen LogP contribution is -2.37. The molecule has 8 nitrogen and oxygen atoms in total. The average Bonchev–Trinajstić information content (AvgIpc) is 2.99. The summed E-state index contributed by atoms with van der Waals surface area (Å²) >= 11 is 0. The van der Waals surface area contributed by atoms with Crippen LogP contribution < -0.4 is 15.0 Å². The van der Waals surface area contributed by atoms with E-state index in [1.807, 2.05) is 74.2 Å². The molecule has 1 atom stereocenters. The van der Waals surface area contributed by atoms with E-state index in [-0.39, 0.29) is 24.9 Å². The lowest BCUT2D eigenvalue weighted by Gasteiger charge is -2.31. The molecule has 1 aliphatic rings. The number of alkyl carbamates (subject to hydrolysis) is 1. The largest absolute Gasteiger partial charge is 0.493 e. The van der Waals surface area contributed by atoms with Crippen molar-refractivity contribution >= 4 is 23.7 Å². The van der Waals surface area contributed by atoms with E-state index in [0.717, 1.165) is 52.1 Å². The fourth-order valence-corrected chi connectivity index (χ4v) is 5.73. The smallest absolute Gasteiger partial charge is 0.407 e. The standard InChI is InChI=1S/C36H44N2O6/c1-24(2)20-29(22-35(40)41)37-36(42)44-23-27-11-6-12-28(21-27)30-13-7-15-32-31(30)14-8-18-38(32)34(39)17-9-19-43-33-16-5-10-25(3)26(33)4/h5-7,10-13,15-16,21,24,29H,8-9,14,17-20,22-23H2,1-4H3,(H,37,42)(H,40,41)/t29-/m0/s1. The molecular weight excluding hydrogens is 556 g/mol. The molecule has 3 aromatic carbocycles. The number of fused-ring (bicyclic) bond motifs is 1. The molecule has 2 amide bonds. The average molecular weight is 601 g/mol. The Bertz CT molecular complexity index is 1470. The quantitative estimate of drug-likeness (QED) is 0.201. The van der Waals surface area contributed by atoms with Crippen molar-refractivity contribution in [3.8, 4) is 16.9 Å². The Morgan fingerprint density at radius 1 is 1.02 bits per heavy atom. The number of nitrogens with zero attached hydrogens (tertiary/aromatic N) is 1. The van der Waals surface area contributed by atoms with E-state index in [9.17, 15) is 19.5 Å². The molecule has 1 aliphatic heterocycles. The Labute approximate surface area is 260 Å². The van der Waals surface area contributed by atoms with Crippen LogP contribution in [0.25, 0.3) is 11.1 Å². The number of benzene rings is 3. The van der Waals surface area contributed by atoms with Crippen molar-refractivity contribution in [3.05, 3.63) is 82.9 Å². The third-order valence-electron chi connectivity index (χ3n) is 8.01. The van der Waals surface area contributed by atoms with Crippen molar-refractivity contribution in [3.63, 3.8) is 0 Å². The van der Waals surface area contributed by atoms with Gasteiger partial charge in [0.05, 0.1) is 13.0 Å². The summed E-state index contributed by atoms with van der Waals surface area (Å²) in [6.07, 6.45) is 2.57. The lowest BCUT2D eigenvalue weighted by molar-refractivity contribution is -0.137. The highest BCUT2D eigenvalue weighted by molar-refractivity contribution is 5.96. The first-order chi connectivity index (χ1) is 21.1. The SMILES string of the molecule is Cc1cccc(OCCCC(=O)N2CCCc3c(-c4cccc(COC(=O)N[C@H](CC(=O)O)CC(C)C)c4)cccc32)c1C. The topological polar surface area (TPSA) is 105 Å². The first kappa shape index (κ1) is 32.6. The van der Waals surface area contributed by atoms with E-state index in [2.05, 4.69) is 24.4 Å². The molecule has 3 aromatic rings. The number of anilines is 1. The van der Waals surface area contributed by atoms with Gasteiger partial charge in [-0.3, -0.25) is 9.59 Å². The number of aryl methyl sites for hydroxylation is 1. The lowest BCUT2D eigenvalue weighted by atomic mass is 9.91. The number of ether oxygens (including phenoxy) is 2. The maximum Gasteiger partial charge on any atom is 0.407 e. The predicted octanol–water partition coefficient (Wildman–Crippen LogP) is 7.22. The van der Waals surface area contributed by atoms with Gasteiger partial charge in [0.25, 0.3) is 0 Å². The Balaban J connectivity index is 1.38. The van der Waals surface area contributed by atoms with Crippen molar-refractivity contribution in [2.24, 2.45) is 5.92 Å².